The predicted molar refractivity (Wildman–Crippen MR) is 82.6 cm³/mol. The van der Waals surface area contributed by atoms with E-state index in [1.165, 1.54) is 31.2 Å². The molecule has 0 N–H and O–H groups in total. The largest absolute Gasteiger partial charge is 0.309 e. The molecule has 0 spiro atoms. The van der Waals surface area contributed by atoms with E-state index in [-0.39, 0.29) is 0 Å². The molecule has 1 saturated carbocycles. The quantitative estimate of drug-likeness (QED) is 0.821. The van der Waals surface area contributed by atoms with E-state index >= 15 is 0 Å². The summed E-state index contributed by atoms with van der Waals surface area (Å²) in [6.45, 7) is 1.16. The van der Waals surface area contributed by atoms with Crippen LogP contribution in [0.2, 0.25) is 0 Å². The SMILES string of the molecule is CN(C)CC1(c2ccccc2)CCC(N(C)C)CC1. The number of rotatable bonds is 4. The molecule has 1 aliphatic carbocycles. The van der Waals surface area contributed by atoms with Crippen LogP contribution in [0.15, 0.2) is 30.3 Å². The highest BCUT2D eigenvalue weighted by Crippen LogP contribution is 2.40. The summed E-state index contributed by atoms with van der Waals surface area (Å²) in [5, 5.41) is 0. The highest BCUT2D eigenvalue weighted by atomic mass is 15.1. The number of hydrogen-bond acceptors (Lipinski definition) is 2. The fourth-order valence-corrected chi connectivity index (χ4v) is 3.61. The van der Waals surface area contributed by atoms with Gasteiger partial charge in [0.2, 0.25) is 0 Å². The van der Waals surface area contributed by atoms with Crippen molar-refractivity contribution in [2.45, 2.75) is 37.1 Å². The first-order valence-electron chi connectivity index (χ1n) is 7.40. The minimum atomic E-state index is 0.358. The molecular formula is C17H28N2. The molecular weight excluding hydrogens is 232 g/mol. The van der Waals surface area contributed by atoms with Crippen LogP contribution in [0.3, 0.4) is 0 Å². The van der Waals surface area contributed by atoms with Gasteiger partial charge in [-0.2, -0.15) is 0 Å². The fraction of sp³-hybridized carbons (Fsp3) is 0.647. The third-order valence-electron chi connectivity index (χ3n) is 4.65. The van der Waals surface area contributed by atoms with Gasteiger partial charge >= 0.3 is 0 Å². The maximum absolute atomic E-state index is 2.39. The molecule has 1 aromatic carbocycles. The Morgan fingerprint density at radius 3 is 2.05 bits per heavy atom. The molecule has 0 heterocycles. The van der Waals surface area contributed by atoms with Gasteiger partial charge in [-0.3, -0.25) is 0 Å². The molecule has 0 aromatic heterocycles. The van der Waals surface area contributed by atoms with Crippen LogP contribution in [0.4, 0.5) is 0 Å². The highest BCUT2D eigenvalue weighted by Gasteiger charge is 2.37. The van der Waals surface area contributed by atoms with Crippen molar-refractivity contribution in [1.29, 1.82) is 0 Å². The van der Waals surface area contributed by atoms with E-state index < -0.39 is 0 Å². The van der Waals surface area contributed by atoms with E-state index in [0.29, 0.717) is 5.41 Å². The minimum absolute atomic E-state index is 0.358. The van der Waals surface area contributed by atoms with Gasteiger partial charge in [-0.05, 0) is 59.4 Å². The second-order valence-electron chi connectivity index (χ2n) is 6.58. The van der Waals surface area contributed by atoms with Crippen LogP contribution in [0.25, 0.3) is 0 Å². The fourth-order valence-electron chi connectivity index (χ4n) is 3.61. The standard InChI is InChI=1S/C17H28N2/c1-18(2)14-17(15-8-6-5-7-9-15)12-10-16(11-13-17)19(3)4/h5-9,16H,10-14H2,1-4H3. The molecule has 0 amide bonds. The number of benzene rings is 1. The maximum Gasteiger partial charge on any atom is 0.00898 e. The monoisotopic (exact) mass is 260 g/mol. The molecule has 2 rings (SSSR count). The molecule has 0 radical (unpaired) electrons. The molecule has 0 bridgehead atoms. The lowest BCUT2D eigenvalue weighted by Gasteiger charge is -2.44. The smallest absolute Gasteiger partial charge is 0.00898 e. The van der Waals surface area contributed by atoms with Gasteiger partial charge < -0.3 is 9.80 Å². The lowest BCUT2D eigenvalue weighted by Crippen LogP contribution is -2.44. The summed E-state index contributed by atoms with van der Waals surface area (Å²) < 4.78 is 0. The maximum atomic E-state index is 2.39. The average molecular weight is 260 g/mol. The summed E-state index contributed by atoms with van der Waals surface area (Å²) in [5.74, 6) is 0. The molecule has 2 nitrogen and oxygen atoms in total. The zero-order valence-corrected chi connectivity index (χ0v) is 12.9. The van der Waals surface area contributed by atoms with Crippen molar-refractivity contribution in [2.24, 2.45) is 0 Å². The van der Waals surface area contributed by atoms with Gasteiger partial charge in [0.05, 0.1) is 0 Å². The van der Waals surface area contributed by atoms with Gasteiger partial charge in [0, 0.05) is 18.0 Å². The van der Waals surface area contributed by atoms with Crippen molar-refractivity contribution in [3.63, 3.8) is 0 Å². The average Bonchev–Trinajstić information content (AvgIpc) is 2.39. The molecule has 0 aliphatic heterocycles. The first kappa shape index (κ1) is 14.5. The summed E-state index contributed by atoms with van der Waals surface area (Å²) >= 11 is 0. The van der Waals surface area contributed by atoms with Crippen molar-refractivity contribution in [3.05, 3.63) is 35.9 Å². The first-order chi connectivity index (χ1) is 9.03. The lowest BCUT2D eigenvalue weighted by atomic mass is 9.67. The number of hydrogen-bond donors (Lipinski definition) is 0. The van der Waals surface area contributed by atoms with Gasteiger partial charge in [-0.15, -0.1) is 0 Å². The normalized spacial score (nSPS) is 28.0. The molecule has 0 unspecified atom stereocenters. The van der Waals surface area contributed by atoms with Crippen LogP contribution in [-0.2, 0) is 5.41 Å². The summed E-state index contributed by atoms with van der Waals surface area (Å²) in [6, 6.07) is 11.9. The van der Waals surface area contributed by atoms with E-state index in [9.17, 15) is 0 Å². The van der Waals surface area contributed by atoms with Crippen LogP contribution >= 0.6 is 0 Å². The Labute approximate surface area is 118 Å². The summed E-state index contributed by atoms with van der Waals surface area (Å²) in [4.78, 5) is 4.74. The van der Waals surface area contributed by atoms with Gasteiger partial charge in [0.15, 0.2) is 0 Å². The second-order valence-corrected chi connectivity index (χ2v) is 6.58. The van der Waals surface area contributed by atoms with E-state index in [4.69, 9.17) is 0 Å². The Balaban J connectivity index is 2.19. The van der Waals surface area contributed by atoms with Crippen LogP contribution in [0, 0.1) is 0 Å². The summed E-state index contributed by atoms with van der Waals surface area (Å²) in [5.41, 5.74) is 1.89. The molecule has 1 aliphatic rings. The molecule has 0 saturated heterocycles. The lowest BCUT2D eigenvalue weighted by molar-refractivity contribution is 0.145. The first-order valence-corrected chi connectivity index (χ1v) is 7.40. The molecule has 19 heavy (non-hydrogen) atoms. The van der Waals surface area contributed by atoms with Crippen LogP contribution in [0.1, 0.15) is 31.2 Å². The van der Waals surface area contributed by atoms with E-state index in [1.54, 1.807) is 0 Å². The van der Waals surface area contributed by atoms with Crippen LogP contribution in [0.5, 0.6) is 0 Å². The van der Waals surface area contributed by atoms with E-state index in [2.05, 4.69) is 68.3 Å². The second kappa shape index (κ2) is 6.06. The van der Waals surface area contributed by atoms with Gasteiger partial charge in [0.25, 0.3) is 0 Å². The number of likely N-dealkylation sites (N-methyl/N-ethyl adjacent to an activating group) is 1. The Bertz CT molecular complexity index is 376. The predicted octanol–water partition coefficient (Wildman–Crippen LogP) is 2.99. The third kappa shape index (κ3) is 3.37. The molecule has 0 atom stereocenters. The Kier molecular flexibility index (Phi) is 4.64. The number of nitrogens with zero attached hydrogens (tertiary/aromatic N) is 2. The van der Waals surface area contributed by atoms with Crippen molar-refractivity contribution >= 4 is 0 Å². The molecule has 1 aromatic rings. The topological polar surface area (TPSA) is 6.48 Å². The highest BCUT2D eigenvalue weighted by molar-refractivity contribution is 5.27. The summed E-state index contributed by atoms with van der Waals surface area (Å²) in [6.07, 6.45) is 5.24. The van der Waals surface area contributed by atoms with E-state index in [0.717, 1.165) is 12.6 Å². The van der Waals surface area contributed by atoms with Crippen molar-refractivity contribution < 1.29 is 0 Å². The third-order valence-corrected chi connectivity index (χ3v) is 4.65. The molecule has 2 heteroatoms. The molecule has 106 valence electrons. The van der Waals surface area contributed by atoms with Gasteiger partial charge in [0.1, 0.15) is 0 Å². The zero-order chi connectivity index (χ0) is 13.9. The van der Waals surface area contributed by atoms with Crippen molar-refractivity contribution in [3.8, 4) is 0 Å². The van der Waals surface area contributed by atoms with Crippen LogP contribution < -0.4 is 0 Å². The van der Waals surface area contributed by atoms with Crippen molar-refractivity contribution in [1.82, 2.24) is 9.80 Å². The Morgan fingerprint density at radius 2 is 1.58 bits per heavy atom. The van der Waals surface area contributed by atoms with Gasteiger partial charge in [-0.1, -0.05) is 30.3 Å². The van der Waals surface area contributed by atoms with Crippen molar-refractivity contribution in [2.75, 3.05) is 34.7 Å². The molecule has 1 fully saturated rings. The van der Waals surface area contributed by atoms with E-state index in [1.807, 2.05) is 0 Å². The van der Waals surface area contributed by atoms with Gasteiger partial charge in [-0.25, -0.2) is 0 Å². The Morgan fingerprint density at radius 1 is 1.00 bits per heavy atom. The Hall–Kier alpha value is -0.860. The zero-order valence-electron chi connectivity index (χ0n) is 12.9. The summed E-state index contributed by atoms with van der Waals surface area (Å²) in [7, 11) is 8.82. The minimum Gasteiger partial charge on any atom is -0.309 e. The van der Waals surface area contributed by atoms with Crippen LogP contribution in [-0.4, -0.2) is 50.6 Å².